The predicted molar refractivity (Wildman–Crippen MR) is 125 cm³/mol. The standard InChI is InChI=1S/C25H27FN4O2/c1-28-24(31)20-4-2-3-5-23(20)30(25(28)32)13-12-29-10-8-17(9-11-29)14-18-16-27-22-7-6-19(26)15-21(18)22/h2-7,15-17,27H,8-14H2,1H3. The summed E-state index contributed by atoms with van der Waals surface area (Å²) in [5.41, 5.74) is 2.34. The van der Waals surface area contributed by atoms with Crippen molar-refractivity contribution in [3.63, 3.8) is 0 Å². The van der Waals surface area contributed by atoms with Crippen LogP contribution in [0.4, 0.5) is 4.39 Å². The molecule has 166 valence electrons. The van der Waals surface area contributed by atoms with Gasteiger partial charge in [0.2, 0.25) is 0 Å². The van der Waals surface area contributed by atoms with E-state index >= 15 is 0 Å². The summed E-state index contributed by atoms with van der Waals surface area (Å²) in [5, 5.41) is 1.55. The monoisotopic (exact) mass is 434 g/mol. The number of rotatable bonds is 5. The van der Waals surface area contributed by atoms with E-state index in [1.54, 1.807) is 22.8 Å². The van der Waals surface area contributed by atoms with Crippen LogP contribution in [0, 0.1) is 11.7 Å². The summed E-state index contributed by atoms with van der Waals surface area (Å²) in [6.07, 6.45) is 5.10. The molecule has 3 heterocycles. The van der Waals surface area contributed by atoms with Crippen molar-refractivity contribution in [1.29, 1.82) is 0 Å². The molecule has 0 saturated carbocycles. The number of aromatic nitrogens is 3. The number of nitrogens with one attached hydrogen (secondary N) is 1. The molecule has 32 heavy (non-hydrogen) atoms. The maximum absolute atomic E-state index is 13.7. The van der Waals surface area contributed by atoms with Crippen molar-refractivity contribution in [3.8, 4) is 0 Å². The van der Waals surface area contributed by atoms with Gasteiger partial charge in [-0.15, -0.1) is 0 Å². The lowest BCUT2D eigenvalue weighted by molar-refractivity contribution is 0.178. The van der Waals surface area contributed by atoms with E-state index in [-0.39, 0.29) is 17.1 Å². The van der Waals surface area contributed by atoms with Gasteiger partial charge >= 0.3 is 5.69 Å². The number of likely N-dealkylation sites (tertiary alicyclic amines) is 1. The Labute approximate surface area is 184 Å². The summed E-state index contributed by atoms with van der Waals surface area (Å²) in [7, 11) is 1.54. The highest BCUT2D eigenvalue weighted by molar-refractivity contribution is 5.83. The third-order valence-electron chi connectivity index (χ3n) is 6.83. The number of nitrogens with zero attached hydrogens (tertiary/aromatic N) is 3. The second kappa shape index (κ2) is 8.39. The Morgan fingerprint density at radius 2 is 1.81 bits per heavy atom. The minimum absolute atomic E-state index is 0.200. The molecule has 1 aliphatic heterocycles. The van der Waals surface area contributed by atoms with Crippen molar-refractivity contribution >= 4 is 21.8 Å². The zero-order valence-electron chi connectivity index (χ0n) is 18.2. The summed E-state index contributed by atoms with van der Waals surface area (Å²) in [5.74, 6) is 0.365. The lowest BCUT2D eigenvalue weighted by Crippen LogP contribution is -2.41. The fourth-order valence-electron chi connectivity index (χ4n) is 4.94. The molecule has 0 amide bonds. The SMILES string of the molecule is Cn1c(=O)c2ccccc2n(CCN2CCC(Cc3c[nH]c4ccc(F)cc34)CC2)c1=O. The Balaban J connectivity index is 1.24. The molecule has 0 radical (unpaired) electrons. The molecule has 5 rings (SSSR count). The minimum Gasteiger partial charge on any atom is -0.361 e. The Morgan fingerprint density at radius 1 is 1.03 bits per heavy atom. The number of fused-ring (bicyclic) bond motifs is 2. The fourth-order valence-corrected chi connectivity index (χ4v) is 4.94. The molecule has 1 N–H and O–H groups in total. The Kier molecular flexibility index (Phi) is 5.43. The molecule has 0 unspecified atom stereocenters. The van der Waals surface area contributed by atoms with Crippen LogP contribution in [0.3, 0.4) is 0 Å². The minimum atomic E-state index is -0.268. The first-order valence-electron chi connectivity index (χ1n) is 11.2. The van der Waals surface area contributed by atoms with Gasteiger partial charge in [0.05, 0.1) is 10.9 Å². The number of halogens is 1. The summed E-state index contributed by atoms with van der Waals surface area (Å²) >= 11 is 0. The molecule has 0 bridgehead atoms. The van der Waals surface area contributed by atoms with Crippen molar-refractivity contribution in [2.75, 3.05) is 19.6 Å². The number of para-hydroxylation sites is 1. The van der Waals surface area contributed by atoms with E-state index in [9.17, 15) is 14.0 Å². The molecule has 4 aromatic rings. The van der Waals surface area contributed by atoms with E-state index in [1.165, 1.54) is 23.2 Å². The largest absolute Gasteiger partial charge is 0.361 e. The molecule has 0 spiro atoms. The number of aromatic amines is 1. The van der Waals surface area contributed by atoms with E-state index in [2.05, 4.69) is 9.88 Å². The number of hydrogen-bond donors (Lipinski definition) is 1. The van der Waals surface area contributed by atoms with Crippen molar-refractivity contribution in [2.45, 2.75) is 25.8 Å². The van der Waals surface area contributed by atoms with Crippen LogP contribution >= 0.6 is 0 Å². The van der Waals surface area contributed by atoms with Gasteiger partial charge in [0.25, 0.3) is 5.56 Å². The van der Waals surface area contributed by atoms with Gasteiger partial charge in [-0.05, 0) is 74.2 Å². The lowest BCUT2D eigenvalue weighted by Gasteiger charge is -2.32. The maximum Gasteiger partial charge on any atom is 0.331 e. The van der Waals surface area contributed by atoms with Crippen molar-refractivity contribution in [1.82, 2.24) is 19.0 Å². The van der Waals surface area contributed by atoms with Gasteiger partial charge in [-0.1, -0.05) is 12.1 Å². The molecule has 0 atom stereocenters. The second-order valence-electron chi connectivity index (χ2n) is 8.81. The third kappa shape index (κ3) is 3.77. The average molecular weight is 435 g/mol. The van der Waals surface area contributed by atoms with Crippen LogP contribution in [0.2, 0.25) is 0 Å². The zero-order valence-corrected chi connectivity index (χ0v) is 18.2. The van der Waals surface area contributed by atoms with Gasteiger partial charge in [-0.3, -0.25) is 13.9 Å². The zero-order chi connectivity index (χ0) is 22.2. The third-order valence-corrected chi connectivity index (χ3v) is 6.83. The van der Waals surface area contributed by atoms with Crippen LogP contribution in [-0.2, 0) is 20.0 Å². The molecule has 1 aliphatic rings. The van der Waals surface area contributed by atoms with Crippen LogP contribution in [0.15, 0.2) is 58.3 Å². The smallest absolute Gasteiger partial charge is 0.331 e. The highest BCUT2D eigenvalue weighted by Gasteiger charge is 2.21. The highest BCUT2D eigenvalue weighted by atomic mass is 19.1. The predicted octanol–water partition coefficient (Wildman–Crippen LogP) is 3.28. The maximum atomic E-state index is 13.7. The summed E-state index contributed by atoms with van der Waals surface area (Å²) in [4.78, 5) is 30.7. The number of piperidine rings is 1. The number of H-pyrrole nitrogens is 1. The van der Waals surface area contributed by atoms with E-state index in [0.717, 1.165) is 49.8 Å². The molecule has 1 saturated heterocycles. The van der Waals surface area contributed by atoms with Gasteiger partial charge < -0.3 is 9.88 Å². The van der Waals surface area contributed by atoms with Gasteiger partial charge in [-0.2, -0.15) is 0 Å². The molecule has 7 heteroatoms. The molecule has 2 aromatic carbocycles. The van der Waals surface area contributed by atoms with Crippen molar-refractivity contribution in [3.05, 3.63) is 80.9 Å². The molecule has 2 aromatic heterocycles. The van der Waals surface area contributed by atoms with Crippen molar-refractivity contribution < 1.29 is 4.39 Å². The molecule has 1 fully saturated rings. The first-order chi connectivity index (χ1) is 15.5. The Bertz CT molecular complexity index is 1390. The van der Waals surface area contributed by atoms with Crippen LogP contribution in [0.25, 0.3) is 21.8 Å². The van der Waals surface area contributed by atoms with Crippen LogP contribution in [0.1, 0.15) is 18.4 Å². The van der Waals surface area contributed by atoms with Crippen LogP contribution < -0.4 is 11.2 Å². The molecule has 0 aliphatic carbocycles. The first kappa shape index (κ1) is 20.7. The number of hydrogen-bond acceptors (Lipinski definition) is 3. The van der Waals surface area contributed by atoms with Gasteiger partial charge in [0.1, 0.15) is 5.82 Å². The summed E-state index contributed by atoms with van der Waals surface area (Å²) in [6, 6.07) is 12.2. The van der Waals surface area contributed by atoms with E-state index in [1.807, 2.05) is 24.4 Å². The fraction of sp³-hybridized carbons (Fsp3) is 0.360. The normalized spacial score (nSPS) is 15.7. The van der Waals surface area contributed by atoms with Crippen LogP contribution in [-0.4, -0.2) is 38.7 Å². The molecular weight excluding hydrogens is 407 g/mol. The highest BCUT2D eigenvalue weighted by Crippen LogP contribution is 2.26. The van der Waals surface area contributed by atoms with Crippen LogP contribution in [0.5, 0.6) is 0 Å². The number of benzene rings is 2. The topological polar surface area (TPSA) is 63.0 Å². The summed E-state index contributed by atoms with van der Waals surface area (Å²) in [6.45, 7) is 3.27. The van der Waals surface area contributed by atoms with Crippen molar-refractivity contribution in [2.24, 2.45) is 13.0 Å². The Morgan fingerprint density at radius 3 is 2.62 bits per heavy atom. The van der Waals surface area contributed by atoms with Gasteiger partial charge in [0, 0.05) is 37.2 Å². The summed E-state index contributed by atoms with van der Waals surface area (Å²) < 4.78 is 16.6. The van der Waals surface area contributed by atoms with E-state index < -0.39 is 0 Å². The molecule has 6 nitrogen and oxygen atoms in total. The van der Waals surface area contributed by atoms with Gasteiger partial charge in [0.15, 0.2) is 0 Å². The average Bonchev–Trinajstić information content (AvgIpc) is 3.20. The quantitative estimate of drug-likeness (QED) is 0.524. The van der Waals surface area contributed by atoms with E-state index in [4.69, 9.17) is 0 Å². The second-order valence-corrected chi connectivity index (χ2v) is 8.81. The first-order valence-corrected chi connectivity index (χ1v) is 11.2. The van der Waals surface area contributed by atoms with Gasteiger partial charge in [-0.25, -0.2) is 9.18 Å². The lowest BCUT2D eigenvalue weighted by atomic mass is 9.90. The Hall–Kier alpha value is -3.19. The van der Waals surface area contributed by atoms with E-state index in [0.29, 0.717) is 23.4 Å². The molecular formula is C25H27FN4O2.